The van der Waals surface area contributed by atoms with Crippen molar-refractivity contribution in [2.45, 2.75) is 37.2 Å². The van der Waals surface area contributed by atoms with Gasteiger partial charge in [-0.2, -0.15) is 0 Å². The van der Waals surface area contributed by atoms with Gasteiger partial charge in [-0.25, -0.2) is 0 Å². The van der Waals surface area contributed by atoms with E-state index in [1.807, 2.05) is 0 Å². The van der Waals surface area contributed by atoms with Crippen LogP contribution in [0.3, 0.4) is 0 Å². The van der Waals surface area contributed by atoms with Crippen LogP contribution in [0.25, 0.3) is 0 Å². The average molecular weight is 282 g/mol. The summed E-state index contributed by atoms with van der Waals surface area (Å²) in [6.07, 6.45) is 1.41. The van der Waals surface area contributed by atoms with Crippen molar-refractivity contribution in [3.05, 3.63) is 0 Å². The van der Waals surface area contributed by atoms with Crippen molar-refractivity contribution in [1.29, 1.82) is 0 Å². The number of hydrogen-bond donors (Lipinski definition) is 1. The fourth-order valence-corrected chi connectivity index (χ4v) is 5.49. The topological polar surface area (TPSA) is 12.0 Å². The van der Waals surface area contributed by atoms with Crippen molar-refractivity contribution in [3.63, 3.8) is 0 Å². The Morgan fingerprint density at radius 1 is 1.42 bits per heavy atom. The first-order valence-corrected chi connectivity index (χ1v) is 8.32. The van der Waals surface area contributed by atoms with Crippen LogP contribution in [-0.4, -0.2) is 21.4 Å². The Morgan fingerprint density at radius 3 is 2.58 bits per heavy atom. The quantitative estimate of drug-likeness (QED) is 0.503. The van der Waals surface area contributed by atoms with E-state index in [0.29, 0.717) is 21.2 Å². The Balaban J connectivity index is 2.52. The molecule has 0 aliphatic heterocycles. The Morgan fingerprint density at radius 2 is 2.08 bits per heavy atom. The molecule has 0 unspecified atom stereocenters. The second kappa shape index (κ2) is 4.80. The monoisotopic (exact) mass is 282 g/mol. The van der Waals surface area contributed by atoms with Crippen LogP contribution in [0.5, 0.6) is 0 Å². The summed E-state index contributed by atoms with van der Waals surface area (Å²) in [5, 5.41) is 3.63. The van der Waals surface area contributed by atoms with Crippen molar-refractivity contribution < 1.29 is 21.2 Å². The van der Waals surface area contributed by atoms with E-state index in [-0.39, 0.29) is 0 Å². The third-order valence-electron chi connectivity index (χ3n) is 3.13. The van der Waals surface area contributed by atoms with E-state index in [4.69, 9.17) is 0 Å². The number of hydrogen-bond acceptors (Lipinski definition) is 1. The van der Waals surface area contributed by atoms with E-state index < -0.39 is 0 Å². The molecule has 1 saturated carbocycles. The van der Waals surface area contributed by atoms with Crippen LogP contribution in [-0.2, 0) is 0 Å². The van der Waals surface area contributed by atoms with Gasteiger partial charge in [0, 0.05) is 0 Å². The van der Waals surface area contributed by atoms with Crippen LogP contribution in [0.2, 0.25) is 0 Å². The summed E-state index contributed by atoms with van der Waals surface area (Å²) in [6, 6.07) is 0.845. The Kier molecular flexibility index (Phi) is 4.30. The van der Waals surface area contributed by atoms with E-state index in [1.165, 1.54) is 6.42 Å². The maximum atomic E-state index is 3.63. The Labute approximate surface area is 87.0 Å². The van der Waals surface area contributed by atoms with Crippen LogP contribution >= 0.6 is 0 Å². The molecule has 0 aromatic rings. The predicted molar refractivity (Wildman–Crippen MR) is 50.1 cm³/mol. The summed E-state index contributed by atoms with van der Waals surface area (Å²) in [6.45, 7) is 8.22. The molecule has 1 fully saturated rings. The molecule has 1 aliphatic rings. The molecule has 74 valence electrons. The van der Waals surface area contributed by atoms with Gasteiger partial charge in [-0.3, -0.25) is 0 Å². The molecule has 0 radical (unpaired) electrons. The Hall–Kier alpha value is 0.690. The molecule has 4 atom stereocenters. The molecule has 0 amide bonds. The van der Waals surface area contributed by atoms with E-state index in [9.17, 15) is 0 Å². The van der Waals surface area contributed by atoms with Gasteiger partial charge in [0.05, 0.1) is 0 Å². The zero-order valence-corrected chi connectivity index (χ0v) is 10.8. The molecule has 0 heterocycles. The van der Waals surface area contributed by atoms with Crippen molar-refractivity contribution in [2.75, 3.05) is 11.5 Å². The van der Waals surface area contributed by atoms with Gasteiger partial charge in [0.15, 0.2) is 0 Å². The van der Waals surface area contributed by atoms with Crippen molar-refractivity contribution in [1.82, 2.24) is 5.32 Å². The molecule has 12 heavy (non-hydrogen) atoms. The minimum absolute atomic E-state index is 0.421. The van der Waals surface area contributed by atoms with E-state index in [1.54, 1.807) is 0 Å². The second-order valence-corrected chi connectivity index (χ2v) is 6.58. The summed E-state index contributed by atoms with van der Waals surface area (Å²) in [7, 11) is 0. The van der Waals surface area contributed by atoms with E-state index in [2.05, 4.69) is 31.0 Å². The Bertz CT molecular complexity index is 138. The van der Waals surface area contributed by atoms with Crippen molar-refractivity contribution >= 4 is 0 Å². The van der Waals surface area contributed by atoms with Gasteiger partial charge >= 0.3 is 87.0 Å². The van der Waals surface area contributed by atoms with Gasteiger partial charge in [-0.1, -0.05) is 0 Å². The number of nitrogens with one attached hydrogen (secondary N) is 1. The van der Waals surface area contributed by atoms with Crippen LogP contribution in [0, 0.1) is 11.8 Å². The number of rotatable bonds is 3. The normalized spacial score (nSPS) is 42.3. The van der Waals surface area contributed by atoms with Gasteiger partial charge in [0.2, 0.25) is 0 Å². The first-order chi connectivity index (χ1) is 5.70. The number of alkyl halides is 2. The molecule has 1 N–H and O–H groups in total. The summed E-state index contributed by atoms with van der Waals surface area (Å²) >= 11 is 0.421. The minimum atomic E-state index is 0.421. The third kappa shape index (κ3) is 2.13. The standard InChI is InChI=1S/C10H21IN/c1-5-12-9-6-7(2)8(3)10(9)11-4/h7-10,12H,5-6H2,1-4H3/q-1/t7-,8-,9+,10-/m1/s1. The van der Waals surface area contributed by atoms with Crippen LogP contribution in [0.15, 0.2) is 0 Å². The zero-order chi connectivity index (χ0) is 9.14. The van der Waals surface area contributed by atoms with E-state index >= 15 is 0 Å². The molecule has 0 spiro atoms. The summed E-state index contributed by atoms with van der Waals surface area (Å²) in [5.74, 6) is 1.91. The SMILES string of the molecule is CCN[C@H]1C[C@@H](C)[C@@H](C)[C@H]1[I-]C. The molecule has 1 rings (SSSR count). The fraction of sp³-hybridized carbons (Fsp3) is 1.00. The first-order valence-electron chi connectivity index (χ1n) is 4.92. The molecule has 0 saturated heterocycles. The molecule has 0 aromatic carbocycles. The fourth-order valence-electron chi connectivity index (χ4n) is 2.23. The number of halogens is 1. The molecule has 0 aromatic heterocycles. The van der Waals surface area contributed by atoms with Crippen molar-refractivity contribution in [3.8, 4) is 0 Å². The van der Waals surface area contributed by atoms with Crippen molar-refractivity contribution in [2.24, 2.45) is 11.8 Å². The zero-order valence-electron chi connectivity index (χ0n) is 8.60. The molecule has 0 bridgehead atoms. The van der Waals surface area contributed by atoms with Crippen LogP contribution < -0.4 is 26.5 Å². The summed E-state index contributed by atoms with van der Waals surface area (Å²) in [4.78, 5) is 2.43. The van der Waals surface area contributed by atoms with Gasteiger partial charge in [0.25, 0.3) is 0 Å². The van der Waals surface area contributed by atoms with Gasteiger partial charge in [0.1, 0.15) is 0 Å². The van der Waals surface area contributed by atoms with Gasteiger partial charge in [-0.15, -0.1) is 0 Å². The maximum absolute atomic E-state index is 3.63. The molecule has 1 nitrogen and oxygen atoms in total. The molecular formula is C10H21IN-. The first kappa shape index (κ1) is 10.8. The average Bonchev–Trinajstić information content (AvgIpc) is 2.29. The summed E-state index contributed by atoms with van der Waals surface area (Å²) in [5.41, 5.74) is 0. The van der Waals surface area contributed by atoms with Gasteiger partial charge < -0.3 is 0 Å². The van der Waals surface area contributed by atoms with Crippen LogP contribution in [0.1, 0.15) is 27.2 Å². The second-order valence-electron chi connectivity index (χ2n) is 3.90. The molecular weight excluding hydrogens is 261 g/mol. The van der Waals surface area contributed by atoms with Gasteiger partial charge in [-0.05, 0) is 0 Å². The van der Waals surface area contributed by atoms with Crippen LogP contribution in [0.4, 0.5) is 0 Å². The molecule has 1 aliphatic carbocycles. The summed E-state index contributed by atoms with van der Waals surface area (Å²) < 4.78 is 1.03. The van der Waals surface area contributed by atoms with E-state index in [0.717, 1.165) is 28.3 Å². The molecule has 2 heteroatoms. The third-order valence-corrected chi connectivity index (χ3v) is 6.57. The predicted octanol–water partition coefficient (Wildman–Crippen LogP) is -1.27.